The highest BCUT2D eigenvalue weighted by Gasteiger charge is 2.16. The molecule has 2 rings (SSSR count). The first-order valence-electron chi connectivity index (χ1n) is 5.97. The molecule has 3 nitrogen and oxygen atoms in total. The van der Waals surface area contributed by atoms with Crippen LogP contribution >= 0.6 is 15.9 Å². The summed E-state index contributed by atoms with van der Waals surface area (Å²) in [4.78, 5) is 15.7. The van der Waals surface area contributed by atoms with Gasteiger partial charge >= 0.3 is 5.97 Å². The van der Waals surface area contributed by atoms with Crippen molar-refractivity contribution in [2.75, 3.05) is 0 Å². The van der Waals surface area contributed by atoms with Gasteiger partial charge in [0.1, 0.15) is 5.82 Å². The van der Waals surface area contributed by atoms with Crippen LogP contribution in [0.1, 0.15) is 42.2 Å². The summed E-state index contributed by atoms with van der Waals surface area (Å²) in [6.45, 7) is 3.97. The molecular formula is C14H13BrFNO2. The number of nitrogens with zero attached hydrogens (tertiary/aromatic N) is 1. The predicted octanol–water partition coefficient (Wildman–Crippen LogP) is 4.35. The lowest BCUT2D eigenvalue weighted by Crippen LogP contribution is -2.04. The second kappa shape index (κ2) is 5.25. The molecule has 1 atom stereocenters. The third-order valence-electron chi connectivity index (χ3n) is 3.22. The van der Waals surface area contributed by atoms with Crippen molar-refractivity contribution >= 4 is 32.8 Å². The number of carboxylic acid groups (broad SMARTS) is 1. The fourth-order valence-electron chi connectivity index (χ4n) is 1.88. The molecule has 1 unspecified atom stereocenters. The zero-order valence-corrected chi connectivity index (χ0v) is 12.2. The Morgan fingerprint density at radius 3 is 2.74 bits per heavy atom. The Balaban J connectivity index is 2.79. The lowest BCUT2D eigenvalue weighted by atomic mass is 10.00. The van der Waals surface area contributed by atoms with E-state index in [-0.39, 0.29) is 16.0 Å². The van der Waals surface area contributed by atoms with Crippen molar-refractivity contribution in [3.05, 3.63) is 39.7 Å². The summed E-state index contributed by atoms with van der Waals surface area (Å²) in [5.74, 6) is -1.35. The molecule has 0 saturated heterocycles. The molecule has 5 heteroatoms. The monoisotopic (exact) mass is 325 g/mol. The Morgan fingerprint density at radius 2 is 2.16 bits per heavy atom. The summed E-state index contributed by atoms with van der Waals surface area (Å²) < 4.78 is 13.8. The molecular weight excluding hydrogens is 313 g/mol. The number of rotatable bonds is 3. The third kappa shape index (κ3) is 2.61. The van der Waals surface area contributed by atoms with E-state index in [2.05, 4.69) is 20.9 Å². The highest BCUT2D eigenvalue weighted by molar-refractivity contribution is 9.10. The molecule has 1 N–H and O–H groups in total. The molecule has 1 heterocycles. The van der Waals surface area contributed by atoms with E-state index in [1.54, 1.807) is 6.07 Å². The standard InChI is InChI=1S/C14H13BrFNO2/c1-3-7(2)12-5-9(14(18)19)8-4-10(15)11(16)6-13(8)17-12/h4-7H,3H2,1-2H3,(H,18,19). The highest BCUT2D eigenvalue weighted by Crippen LogP contribution is 2.28. The lowest BCUT2D eigenvalue weighted by Gasteiger charge is -2.12. The minimum Gasteiger partial charge on any atom is -0.478 e. The van der Waals surface area contributed by atoms with Crippen LogP contribution in [0.4, 0.5) is 4.39 Å². The van der Waals surface area contributed by atoms with Crippen molar-refractivity contribution < 1.29 is 14.3 Å². The molecule has 100 valence electrons. The van der Waals surface area contributed by atoms with E-state index in [0.717, 1.165) is 6.42 Å². The number of pyridine rings is 1. The van der Waals surface area contributed by atoms with E-state index in [0.29, 0.717) is 16.6 Å². The lowest BCUT2D eigenvalue weighted by molar-refractivity contribution is 0.0699. The van der Waals surface area contributed by atoms with Gasteiger partial charge in [0.15, 0.2) is 0 Å². The highest BCUT2D eigenvalue weighted by atomic mass is 79.9. The van der Waals surface area contributed by atoms with Gasteiger partial charge in [0.2, 0.25) is 0 Å². The second-order valence-electron chi connectivity index (χ2n) is 4.49. The third-order valence-corrected chi connectivity index (χ3v) is 3.83. The summed E-state index contributed by atoms with van der Waals surface area (Å²) in [5.41, 5.74) is 1.20. The van der Waals surface area contributed by atoms with Crippen molar-refractivity contribution in [3.8, 4) is 0 Å². The zero-order chi connectivity index (χ0) is 14.2. The summed E-state index contributed by atoms with van der Waals surface area (Å²) >= 11 is 3.07. The number of aromatic nitrogens is 1. The first-order chi connectivity index (χ1) is 8.93. The molecule has 0 aliphatic carbocycles. The molecule has 0 saturated carbocycles. The first kappa shape index (κ1) is 13.9. The molecule has 19 heavy (non-hydrogen) atoms. The van der Waals surface area contributed by atoms with E-state index in [1.807, 2.05) is 13.8 Å². The van der Waals surface area contributed by atoms with E-state index >= 15 is 0 Å². The van der Waals surface area contributed by atoms with Crippen molar-refractivity contribution in [2.45, 2.75) is 26.2 Å². The van der Waals surface area contributed by atoms with E-state index in [1.165, 1.54) is 12.1 Å². The van der Waals surface area contributed by atoms with Crippen LogP contribution < -0.4 is 0 Å². The van der Waals surface area contributed by atoms with Crippen LogP contribution in [0.3, 0.4) is 0 Å². The van der Waals surface area contributed by atoms with Crippen molar-refractivity contribution in [1.29, 1.82) is 0 Å². The molecule has 2 aromatic rings. The number of benzene rings is 1. The van der Waals surface area contributed by atoms with Crippen LogP contribution in [0.5, 0.6) is 0 Å². The average Bonchev–Trinajstić information content (AvgIpc) is 2.37. The Hall–Kier alpha value is -1.49. The van der Waals surface area contributed by atoms with E-state index in [9.17, 15) is 14.3 Å². The number of halogens is 2. The Kier molecular flexibility index (Phi) is 3.85. The molecule has 1 aromatic heterocycles. The maximum atomic E-state index is 13.6. The SMILES string of the molecule is CCC(C)c1cc(C(=O)O)c2cc(Br)c(F)cc2n1. The van der Waals surface area contributed by atoms with Gasteiger partial charge in [0.05, 0.1) is 15.6 Å². The maximum Gasteiger partial charge on any atom is 0.336 e. The number of aromatic carboxylic acids is 1. The van der Waals surface area contributed by atoms with Gasteiger partial charge in [-0.3, -0.25) is 4.98 Å². The van der Waals surface area contributed by atoms with Gasteiger partial charge in [0.25, 0.3) is 0 Å². The Bertz CT molecular complexity index is 657. The molecule has 0 radical (unpaired) electrons. The number of carboxylic acids is 1. The van der Waals surface area contributed by atoms with Crippen LogP contribution in [0.15, 0.2) is 22.7 Å². The largest absolute Gasteiger partial charge is 0.478 e. The van der Waals surface area contributed by atoms with E-state index in [4.69, 9.17) is 0 Å². The molecule has 0 aliphatic rings. The number of hydrogen-bond acceptors (Lipinski definition) is 2. The van der Waals surface area contributed by atoms with Gasteiger partial charge in [-0.2, -0.15) is 0 Å². The molecule has 0 bridgehead atoms. The summed E-state index contributed by atoms with van der Waals surface area (Å²) in [5, 5.41) is 9.72. The summed E-state index contributed by atoms with van der Waals surface area (Å²) in [6.07, 6.45) is 0.844. The smallest absolute Gasteiger partial charge is 0.336 e. The summed E-state index contributed by atoms with van der Waals surface area (Å²) in [6, 6.07) is 4.29. The fourth-order valence-corrected chi connectivity index (χ4v) is 2.22. The average molecular weight is 326 g/mol. The van der Waals surface area contributed by atoms with Crippen molar-refractivity contribution in [2.24, 2.45) is 0 Å². The van der Waals surface area contributed by atoms with Crippen LogP contribution in [-0.2, 0) is 0 Å². The number of hydrogen-bond donors (Lipinski definition) is 1. The fraction of sp³-hybridized carbons (Fsp3) is 0.286. The Morgan fingerprint density at radius 1 is 1.47 bits per heavy atom. The minimum atomic E-state index is -1.03. The zero-order valence-electron chi connectivity index (χ0n) is 10.6. The van der Waals surface area contributed by atoms with Gasteiger partial charge in [0, 0.05) is 17.1 Å². The van der Waals surface area contributed by atoms with Gasteiger partial charge in [-0.25, -0.2) is 9.18 Å². The molecule has 0 fully saturated rings. The summed E-state index contributed by atoms with van der Waals surface area (Å²) in [7, 11) is 0. The van der Waals surface area contributed by atoms with Crippen molar-refractivity contribution in [3.63, 3.8) is 0 Å². The molecule has 0 spiro atoms. The van der Waals surface area contributed by atoms with Crippen LogP contribution in [-0.4, -0.2) is 16.1 Å². The van der Waals surface area contributed by atoms with Gasteiger partial charge in [-0.05, 0) is 40.4 Å². The van der Waals surface area contributed by atoms with Gasteiger partial charge in [-0.15, -0.1) is 0 Å². The minimum absolute atomic E-state index is 0.134. The predicted molar refractivity (Wildman–Crippen MR) is 75.1 cm³/mol. The molecule has 0 aliphatic heterocycles. The second-order valence-corrected chi connectivity index (χ2v) is 5.35. The maximum absolute atomic E-state index is 13.6. The number of carbonyl (C=O) groups is 1. The van der Waals surface area contributed by atoms with Crippen LogP contribution in [0, 0.1) is 5.82 Å². The van der Waals surface area contributed by atoms with E-state index < -0.39 is 11.8 Å². The quantitative estimate of drug-likeness (QED) is 0.912. The normalized spacial score (nSPS) is 12.6. The van der Waals surface area contributed by atoms with Crippen molar-refractivity contribution in [1.82, 2.24) is 4.98 Å². The van der Waals surface area contributed by atoms with Gasteiger partial charge < -0.3 is 5.11 Å². The van der Waals surface area contributed by atoms with Gasteiger partial charge in [-0.1, -0.05) is 13.8 Å². The Labute approximate surface area is 118 Å². The topological polar surface area (TPSA) is 50.2 Å². The van der Waals surface area contributed by atoms with Crippen LogP contribution in [0.2, 0.25) is 0 Å². The van der Waals surface area contributed by atoms with Crippen LogP contribution in [0.25, 0.3) is 10.9 Å². The molecule has 1 aromatic carbocycles. The first-order valence-corrected chi connectivity index (χ1v) is 6.76. The number of fused-ring (bicyclic) bond motifs is 1. The molecule has 0 amide bonds.